The van der Waals surface area contributed by atoms with Crippen LogP contribution in [0, 0.1) is 6.92 Å². The van der Waals surface area contributed by atoms with Gasteiger partial charge in [0, 0.05) is 18.1 Å². The summed E-state index contributed by atoms with van der Waals surface area (Å²) in [5, 5.41) is 0. The number of Topliss-reactive ketones (excluding diaryl/α,β-unsaturated/α-hetero) is 2. The van der Waals surface area contributed by atoms with Crippen LogP contribution in [0.4, 0.5) is 0 Å². The van der Waals surface area contributed by atoms with Crippen LogP contribution >= 0.6 is 0 Å². The summed E-state index contributed by atoms with van der Waals surface area (Å²) < 4.78 is 3.74. The summed E-state index contributed by atoms with van der Waals surface area (Å²) in [5.74, 6) is 0.982. The molecule has 4 nitrogen and oxygen atoms in total. The Balaban J connectivity index is 0.00000225. The van der Waals surface area contributed by atoms with Crippen LogP contribution in [0.1, 0.15) is 26.5 Å². The van der Waals surface area contributed by atoms with Gasteiger partial charge in [-0.15, -0.1) is 0 Å². The lowest BCUT2D eigenvalue weighted by Gasteiger charge is -2.02. The lowest BCUT2D eigenvalue weighted by atomic mass is 10.1. The van der Waals surface area contributed by atoms with Gasteiger partial charge < -0.3 is 17.0 Å². The minimum Gasteiger partial charge on any atom is -1.00 e. The Kier molecular flexibility index (Phi) is 6.42. The number of carbonyl (C=O) groups excluding carboxylic acids is 2. The average molecular weight is 399 g/mol. The molecule has 1 aromatic heterocycles. The number of aromatic nitrogens is 2. The van der Waals surface area contributed by atoms with Crippen molar-refractivity contribution in [3.05, 3.63) is 90.0 Å². The molecule has 0 N–H and O–H groups in total. The van der Waals surface area contributed by atoms with Crippen molar-refractivity contribution in [3.63, 3.8) is 0 Å². The van der Waals surface area contributed by atoms with E-state index < -0.39 is 0 Å². The van der Waals surface area contributed by atoms with Crippen molar-refractivity contribution in [3.8, 4) is 0 Å². The molecule has 0 amide bonds. The van der Waals surface area contributed by atoms with Crippen LogP contribution < -0.4 is 21.5 Å². The molecule has 0 aliphatic heterocycles. The number of carbonyl (C=O) groups is 2. The molecule has 2 aromatic carbocycles. The van der Waals surface area contributed by atoms with Crippen LogP contribution in [0.15, 0.2) is 73.1 Å². The Morgan fingerprint density at radius 1 is 0.880 bits per heavy atom. The molecule has 3 aromatic rings. The van der Waals surface area contributed by atoms with Crippen molar-refractivity contribution in [1.82, 2.24) is 4.57 Å². The SMILES string of the molecule is Cc1n(CC(=O)c2ccccc2)cc[n+]1CC(=O)c1ccccc1.[Br-]. The van der Waals surface area contributed by atoms with Crippen molar-refractivity contribution in [2.24, 2.45) is 0 Å². The van der Waals surface area contributed by atoms with Gasteiger partial charge in [-0.05, 0) is 0 Å². The number of nitrogens with zero attached hydrogens (tertiary/aromatic N) is 2. The lowest BCUT2D eigenvalue weighted by molar-refractivity contribution is -0.688. The first-order valence-electron chi connectivity index (χ1n) is 7.87. The number of hydrogen-bond acceptors (Lipinski definition) is 2. The quantitative estimate of drug-likeness (QED) is 0.428. The van der Waals surface area contributed by atoms with Gasteiger partial charge in [0.1, 0.15) is 12.4 Å². The van der Waals surface area contributed by atoms with Crippen LogP contribution in [0.2, 0.25) is 0 Å². The molecule has 0 atom stereocenters. The van der Waals surface area contributed by atoms with Crippen LogP contribution in [-0.4, -0.2) is 16.1 Å². The highest BCUT2D eigenvalue weighted by Gasteiger charge is 2.18. The topological polar surface area (TPSA) is 43.0 Å². The van der Waals surface area contributed by atoms with E-state index >= 15 is 0 Å². The largest absolute Gasteiger partial charge is 1.00 e. The monoisotopic (exact) mass is 398 g/mol. The standard InChI is InChI=1S/C20H19N2O2.BrH/c1-16-21(14-19(23)17-8-4-2-5-9-17)12-13-22(16)15-20(24)18-10-6-3-7-11-18;/h2-13H,14-15H2,1H3;1H/q+1;/p-1. The second kappa shape index (κ2) is 8.53. The minimum absolute atomic E-state index is 0. The van der Waals surface area contributed by atoms with Crippen LogP contribution in [0.3, 0.4) is 0 Å². The highest BCUT2D eigenvalue weighted by molar-refractivity contribution is 5.96. The number of rotatable bonds is 6. The van der Waals surface area contributed by atoms with E-state index in [1.165, 1.54) is 0 Å². The van der Waals surface area contributed by atoms with Gasteiger partial charge in [0.25, 0.3) is 5.82 Å². The Morgan fingerprint density at radius 3 is 1.96 bits per heavy atom. The highest BCUT2D eigenvalue weighted by Crippen LogP contribution is 2.05. The fourth-order valence-electron chi connectivity index (χ4n) is 2.62. The molecule has 25 heavy (non-hydrogen) atoms. The van der Waals surface area contributed by atoms with E-state index in [0.29, 0.717) is 11.1 Å². The van der Waals surface area contributed by atoms with E-state index in [9.17, 15) is 9.59 Å². The van der Waals surface area contributed by atoms with Gasteiger partial charge in [-0.25, -0.2) is 9.13 Å². The summed E-state index contributed by atoms with van der Waals surface area (Å²) >= 11 is 0. The maximum absolute atomic E-state index is 12.3. The number of benzene rings is 2. The Bertz CT molecular complexity index is 787. The van der Waals surface area contributed by atoms with E-state index in [4.69, 9.17) is 0 Å². The molecule has 1 heterocycles. The van der Waals surface area contributed by atoms with Gasteiger partial charge in [-0.3, -0.25) is 9.59 Å². The molecular formula is C20H19BrN2O2. The molecule has 3 rings (SSSR count). The first kappa shape index (κ1) is 18.8. The van der Waals surface area contributed by atoms with Gasteiger partial charge in [-0.2, -0.15) is 0 Å². The third-order valence-electron chi connectivity index (χ3n) is 4.08. The van der Waals surface area contributed by atoms with Gasteiger partial charge in [-0.1, -0.05) is 60.7 Å². The molecular weight excluding hydrogens is 380 g/mol. The fraction of sp³-hybridized carbons (Fsp3) is 0.150. The molecule has 0 radical (unpaired) electrons. The van der Waals surface area contributed by atoms with Crippen molar-refractivity contribution >= 4 is 11.6 Å². The van der Waals surface area contributed by atoms with Gasteiger partial charge in [0.2, 0.25) is 11.6 Å². The Labute approximate surface area is 157 Å². The van der Waals surface area contributed by atoms with E-state index in [-0.39, 0.29) is 41.6 Å². The number of ketones is 2. The first-order valence-corrected chi connectivity index (χ1v) is 7.87. The summed E-state index contributed by atoms with van der Waals surface area (Å²) in [7, 11) is 0. The highest BCUT2D eigenvalue weighted by atomic mass is 79.9. The minimum atomic E-state index is 0. The fourth-order valence-corrected chi connectivity index (χ4v) is 2.62. The third kappa shape index (κ3) is 4.51. The van der Waals surface area contributed by atoms with Crippen LogP contribution in [0.25, 0.3) is 0 Å². The molecule has 0 unspecified atom stereocenters. The molecule has 0 fully saturated rings. The maximum atomic E-state index is 12.3. The Hall–Kier alpha value is -2.53. The van der Waals surface area contributed by atoms with Gasteiger partial charge >= 0.3 is 0 Å². The zero-order valence-electron chi connectivity index (χ0n) is 13.9. The number of hydrogen-bond donors (Lipinski definition) is 0. The summed E-state index contributed by atoms with van der Waals surface area (Å²) in [6.45, 7) is 2.45. The van der Waals surface area contributed by atoms with Crippen LogP contribution in [0.5, 0.6) is 0 Å². The number of halogens is 1. The Morgan fingerprint density at radius 2 is 1.40 bits per heavy atom. The molecule has 0 aliphatic rings. The first-order chi connectivity index (χ1) is 11.6. The summed E-state index contributed by atoms with van der Waals surface area (Å²) in [6, 6.07) is 18.5. The van der Waals surface area contributed by atoms with Crippen LogP contribution in [-0.2, 0) is 13.1 Å². The second-order valence-corrected chi connectivity index (χ2v) is 5.68. The molecule has 0 aliphatic carbocycles. The van der Waals surface area contributed by atoms with E-state index in [1.807, 2.05) is 89.1 Å². The molecule has 5 heteroatoms. The number of imidazole rings is 1. The van der Waals surface area contributed by atoms with Crippen molar-refractivity contribution in [2.45, 2.75) is 20.0 Å². The molecule has 0 spiro atoms. The van der Waals surface area contributed by atoms with E-state index in [1.54, 1.807) is 0 Å². The predicted octanol–water partition coefficient (Wildman–Crippen LogP) is -0.146. The van der Waals surface area contributed by atoms with Crippen molar-refractivity contribution in [2.75, 3.05) is 0 Å². The lowest BCUT2D eigenvalue weighted by Crippen LogP contribution is -3.00. The zero-order chi connectivity index (χ0) is 16.9. The maximum Gasteiger partial charge on any atom is 0.254 e. The second-order valence-electron chi connectivity index (χ2n) is 5.68. The molecule has 0 saturated heterocycles. The van der Waals surface area contributed by atoms with Crippen molar-refractivity contribution in [1.29, 1.82) is 0 Å². The summed E-state index contributed by atoms with van der Waals surface area (Å²) in [6.07, 6.45) is 3.68. The average Bonchev–Trinajstić information content (AvgIpc) is 2.96. The summed E-state index contributed by atoms with van der Waals surface area (Å²) in [5.41, 5.74) is 1.38. The predicted molar refractivity (Wildman–Crippen MR) is 90.9 cm³/mol. The van der Waals surface area contributed by atoms with Gasteiger partial charge in [0.05, 0.1) is 0 Å². The smallest absolute Gasteiger partial charge is 0.254 e. The molecule has 0 bridgehead atoms. The van der Waals surface area contributed by atoms with E-state index in [2.05, 4.69) is 0 Å². The normalized spacial score (nSPS) is 10.1. The zero-order valence-corrected chi connectivity index (χ0v) is 15.5. The van der Waals surface area contributed by atoms with E-state index in [0.717, 1.165) is 5.82 Å². The van der Waals surface area contributed by atoms with Gasteiger partial charge in [0.15, 0.2) is 13.1 Å². The third-order valence-corrected chi connectivity index (χ3v) is 4.08. The molecule has 0 saturated carbocycles. The molecule has 128 valence electrons. The summed E-state index contributed by atoms with van der Waals surface area (Å²) in [4.78, 5) is 24.6. The van der Waals surface area contributed by atoms with Crippen molar-refractivity contribution < 1.29 is 31.1 Å².